The van der Waals surface area contributed by atoms with Crippen LogP contribution in [0.2, 0.25) is 0 Å². The van der Waals surface area contributed by atoms with Crippen molar-refractivity contribution < 1.29 is 14.0 Å². The van der Waals surface area contributed by atoms with Crippen molar-refractivity contribution >= 4 is 29.3 Å². The van der Waals surface area contributed by atoms with Gasteiger partial charge >= 0.3 is 0 Å². The van der Waals surface area contributed by atoms with Crippen molar-refractivity contribution in [1.82, 2.24) is 0 Å². The first-order chi connectivity index (χ1) is 10.1. The van der Waals surface area contributed by atoms with Crippen LogP contribution in [0.15, 0.2) is 46.9 Å². The van der Waals surface area contributed by atoms with Crippen LogP contribution in [0, 0.1) is 6.92 Å². The molecule has 2 amide bonds. The summed E-state index contributed by atoms with van der Waals surface area (Å²) in [6.07, 6.45) is 3.01. The summed E-state index contributed by atoms with van der Waals surface area (Å²) in [6, 6.07) is 10.8. The lowest BCUT2D eigenvalue weighted by molar-refractivity contribution is -0.119. The Morgan fingerprint density at radius 2 is 2.10 bits per heavy atom. The zero-order valence-corrected chi connectivity index (χ0v) is 11.5. The molecule has 1 aromatic carbocycles. The van der Waals surface area contributed by atoms with Crippen LogP contribution in [0.3, 0.4) is 0 Å². The monoisotopic (exact) mass is 282 g/mol. The third-order valence-corrected chi connectivity index (χ3v) is 3.19. The van der Waals surface area contributed by atoms with Crippen LogP contribution in [0.5, 0.6) is 0 Å². The quantitative estimate of drug-likeness (QED) is 0.861. The van der Waals surface area contributed by atoms with Crippen molar-refractivity contribution in [3.8, 4) is 0 Å². The molecule has 0 saturated heterocycles. The van der Waals surface area contributed by atoms with Crippen molar-refractivity contribution in [2.45, 2.75) is 6.92 Å². The standard InChI is InChI=1S/C16H14N2O3/c1-11-6-7-12(21-11)8-9-16(20)18-10-15(19)17-13-4-2-3-5-14(13)18/h2-9H,10H2,1H3,(H,17,19)/b9-8-. The van der Waals surface area contributed by atoms with E-state index in [-0.39, 0.29) is 18.4 Å². The number of hydrogen-bond donors (Lipinski definition) is 1. The van der Waals surface area contributed by atoms with E-state index in [4.69, 9.17) is 4.42 Å². The van der Waals surface area contributed by atoms with Gasteiger partial charge in [-0.05, 0) is 37.3 Å². The number of aryl methyl sites for hydroxylation is 1. The summed E-state index contributed by atoms with van der Waals surface area (Å²) in [5.74, 6) is 0.927. The second-order valence-corrected chi connectivity index (χ2v) is 4.77. The predicted octanol–water partition coefficient (Wildman–Crippen LogP) is 2.59. The van der Waals surface area contributed by atoms with E-state index in [1.165, 1.54) is 11.0 Å². The highest BCUT2D eigenvalue weighted by Crippen LogP contribution is 2.29. The number of fused-ring (bicyclic) bond motifs is 1. The fraction of sp³-hybridized carbons (Fsp3) is 0.125. The maximum absolute atomic E-state index is 12.3. The average molecular weight is 282 g/mol. The summed E-state index contributed by atoms with van der Waals surface area (Å²) in [7, 11) is 0. The molecule has 2 heterocycles. The summed E-state index contributed by atoms with van der Waals surface area (Å²) >= 11 is 0. The summed E-state index contributed by atoms with van der Waals surface area (Å²) in [6.45, 7) is 1.85. The minimum Gasteiger partial charge on any atom is -0.462 e. The van der Waals surface area contributed by atoms with Gasteiger partial charge in [-0.3, -0.25) is 14.5 Å². The molecule has 0 atom stereocenters. The molecule has 106 valence electrons. The number of anilines is 2. The number of amides is 2. The zero-order chi connectivity index (χ0) is 14.8. The molecule has 1 N–H and O–H groups in total. The van der Waals surface area contributed by atoms with Gasteiger partial charge < -0.3 is 9.73 Å². The van der Waals surface area contributed by atoms with E-state index in [1.54, 1.807) is 24.3 Å². The molecular formula is C16H14N2O3. The molecule has 3 rings (SSSR count). The number of benzene rings is 1. The Bertz CT molecular complexity index is 731. The van der Waals surface area contributed by atoms with Gasteiger partial charge in [0.15, 0.2) is 0 Å². The van der Waals surface area contributed by atoms with E-state index < -0.39 is 0 Å². The van der Waals surface area contributed by atoms with Crippen LogP contribution >= 0.6 is 0 Å². The van der Waals surface area contributed by atoms with Crippen LogP contribution in [0.25, 0.3) is 6.08 Å². The second kappa shape index (κ2) is 5.28. The summed E-state index contributed by atoms with van der Waals surface area (Å²) in [5, 5.41) is 2.75. The van der Waals surface area contributed by atoms with Crippen LogP contribution in [-0.2, 0) is 9.59 Å². The molecule has 5 heteroatoms. The summed E-state index contributed by atoms with van der Waals surface area (Å²) < 4.78 is 5.37. The maximum Gasteiger partial charge on any atom is 0.251 e. The SMILES string of the molecule is Cc1ccc(/C=C\C(=O)N2CC(=O)Nc3ccccc32)o1. The van der Waals surface area contributed by atoms with Gasteiger partial charge in [0.1, 0.15) is 18.1 Å². The number of rotatable bonds is 2. The van der Waals surface area contributed by atoms with Gasteiger partial charge in [-0.2, -0.15) is 0 Å². The van der Waals surface area contributed by atoms with E-state index >= 15 is 0 Å². The molecule has 5 nitrogen and oxygen atoms in total. The molecular weight excluding hydrogens is 268 g/mol. The molecule has 21 heavy (non-hydrogen) atoms. The molecule has 0 bridgehead atoms. The van der Waals surface area contributed by atoms with Crippen LogP contribution in [0.4, 0.5) is 11.4 Å². The van der Waals surface area contributed by atoms with Crippen molar-refractivity contribution in [2.75, 3.05) is 16.8 Å². The maximum atomic E-state index is 12.3. The molecule has 0 aliphatic carbocycles. The lowest BCUT2D eigenvalue weighted by Gasteiger charge is -2.28. The first kappa shape index (κ1) is 13.2. The van der Waals surface area contributed by atoms with Gasteiger partial charge in [0, 0.05) is 6.08 Å². The summed E-state index contributed by atoms with van der Waals surface area (Å²) in [4.78, 5) is 25.4. The van der Waals surface area contributed by atoms with Crippen LogP contribution in [-0.4, -0.2) is 18.4 Å². The number of hydrogen-bond acceptors (Lipinski definition) is 3. The third kappa shape index (κ3) is 2.72. The number of furan rings is 1. The first-order valence-electron chi connectivity index (χ1n) is 6.58. The number of para-hydroxylation sites is 2. The minimum absolute atomic E-state index is 0.0113. The average Bonchev–Trinajstić information content (AvgIpc) is 2.89. The fourth-order valence-corrected chi connectivity index (χ4v) is 2.22. The molecule has 0 radical (unpaired) electrons. The number of nitrogens with zero attached hydrogens (tertiary/aromatic N) is 1. The third-order valence-electron chi connectivity index (χ3n) is 3.19. The molecule has 0 spiro atoms. The minimum atomic E-state index is -0.258. The Morgan fingerprint density at radius 3 is 2.86 bits per heavy atom. The van der Waals surface area contributed by atoms with Crippen LogP contribution < -0.4 is 10.2 Å². The van der Waals surface area contributed by atoms with E-state index in [0.29, 0.717) is 17.1 Å². The Hall–Kier alpha value is -2.82. The highest BCUT2D eigenvalue weighted by molar-refractivity contribution is 6.13. The molecule has 0 fully saturated rings. The van der Waals surface area contributed by atoms with Crippen molar-refractivity contribution in [2.24, 2.45) is 0 Å². The van der Waals surface area contributed by atoms with Gasteiger partial charge in [-0.25, -0.2) is 0 Å². The second-order valence-electron chi connectivity index (χ2n) is 4.77. The fourth-order valence-electron chi connectivity index (χ4n) is 2.22. The van der Waals surface area contributed by atoms with Gasteiger partial charge in [0.05, 0.1) is 11.4 Å². The van der Waals surface area contributed by atoms with Gasteiger partial charge in [0.25, 0.3) is 5.91 Å². The Balaban J connectivity index is 1.85. The van der Waals surface area contributed by atoms with E-state index in [2.05, 4.69) is 5.32 Å². The molecule has 2 aromatic rings. The summed E-state index contributed by atoms with van der Waals surface area (Å²) in [5.41, 5.74) is 1.34. The predicted molar refractivity (Wildman–Crippen MR) is 79.9 cm³/mol. The van der Waals surface area contributed by atoms with Crippen molar-refractivity contribution in [1.29, 1.82) is 0 Å². The number of nitrogens with one attached hydrogen (secondary N) is 1. The molecule has 0 unspecified atom stereocenters. The molecule has 0 saturated carbocycles. The largest absolute Gasteiger partial charge is 0.462 e. The normalized spacial score (nSPS) is 14.1. The Kier molecular flexibility index (Phi) is 3.31. The molecule has 1 aliphatic heterocycles. The van der Waals surface area contributed by atoms with E-state index in [0.717, 1.165) is 5.76 Å². The Morgan fingerprint density at radius 1 is 1.29 bits per heavy atom. The topological polar surface area (TPSA) is 62.6 Å². The molecule has 1 aromatic heterocycles. The van der Waals surface area contributed by atoms with Gasteiger partial charge in [-0.15, -0.1) is 0 Å². The van der Waals surface area contributed by atoms with Gasteiger partial charge in [-0.1, -0.05) is 12.1 Å². The van der Waals surface area contributed by atoms with Crippen molar-refractivity contribution in [3.05, 3.63) is 54.0 Å². The van der Waals surface area contributed by atoms with E-state index in [1.807, 2.05) is 25.1 Å². The van der Waals surface area contributed by atoms with Crippen LogP contribution in [0.1, 0.15) is 11.5 Å². The highest BCUT2D eigenvalue weighted by atomic mass is 16.3. The first-order valence-corrected chi connectivity index (χ1v) is 6.58. The lowest BCUT2D eigenvalue weighted by atomic mass is 10.2. The Labute approximate surface area is 121 Å². The van der Waals surface area contributed by atoms with E-state index in [9.17, 15) is 9.59 Å². The molecule has 1 aliphatic rings. The zero-order valence-electron chi connectivity index (χ0n) is 11.5. The highest BCUT2D eigenvalue weighted by Gasteiger charge is 2.25. The van der Waals surface area contributed by atoms with Crippen molar-refractivity contribution in [3.63, 3.8) is 0 Å². The number of carbonyl (C=O) groups is 2. The lowest BCUT2D eigenvalue weighted by Crippen LogP contribution is -2.41. The smallest absolute Gasteiger partial charge is 0.251 e. The van der Waals surface area contributed by atoms with Gasteiger partial charge in [0.2, 0.25) is 5.91 Å². The number of carbonyl (C=O) groups excluding carboxylic acids is 2.